The van der Waals surface area contributed by atoms with Gasteiger partial charge in [0.1, 0.15) is 0 Å². The van der Waals surface area contributed by atoms with Gasteiger partial charge in [-0.25, -0.2) is 0 Å². The van der Waals surface area contributed by atoms with E-state index in [-0.39, 0.29) is 6.04 Å². The van der Waals surface area contributed by atoms with Gasteiger partial charge in [0.15, 0.2) is 0 Å². The van der Waals surface area contributed by atoms with Crippen LogP contribution in [0.3, 0.4) is 0 Å². The summed E-state index contributed by atoms with van der Waals surface area (Å²) in [6.07, 6.45) is 2.67. The lowest BCUT2D eigenvalue weighted by Gasteiger charge is -2.29. The molecule has 2 nitrogen and oxygen atoms in total. The minimum Gasteiger partial charge on any atom is -0.323 e. The molecule has 2 N–H and O–H groups in total. The van der Waals surface area contributed by atoms with Gasteiger partial charge in [-0.2, -0.15) is 0 Å². The van der Waals surface area contributed by atoms with Crippen molar-refractivity contribution < 1.29 is 0 Å². The Labute approximate surface area is 92.1 Å². The van der Waals surface area contributed by atoms with Crippen LogP contribution >= 0.6 is 0 Å². The summed E-state index contributed by atoms with van der Waals surface area (Å²) >= 11 is 0. The van der Waals surface area contributed by atoms with Gasteiger partial charge >= 0.3 is 0 Å². The van der Waals surface area contributed by atoms with E-state index in [9.17, 15) is 0 Å². The van der Waals surface area contributed by atoms with Crippen LogP contribution in [0, 0.1) is 0 Å². The monoisotopic (exact) mass is 204 g/mol. The van der Waals surface area contributed by atoms with Crippen LogP contribution in [-0.4, -0.2) is 24.0 Å². The number of nitrogens with two attached hydrogens (primary N) is 1. The molecule has 1 fully saturated rings. The van der Waals surface area contributed by atoms with Crippen molar-refractivity contribution in [1.29, 1.82) is 0 Å². The second-order valence-electron chi connectivity index (χ2n) is 4.57. The van der Waals surface area contributed by atoms with Crippen LogP contribution in [0.4, 0.5) is 0 Å². The van der Waals surface area contributed by atoms with Crippen LogP contribution in [-0.2, 0) is 0 Å². The molecular formula is C13H20N2. The average Bonchev–Trinajstić information content (AvgIpc) is 3.11. The lowest BCUT2D eigenvalue weighted by molar-refractivity contribution is 0.217. The number of likely N-dealkylation sites (N-methyl/N-ethyl adjacent to an activating group) is 1. The second-order valence-corrected chi connectivity index (χ2v) is 4.57. The highest BCUT2D eigenvalue weighted by Crippen LogP contribution is 2.30. The van der Waals surface area contributed by atoms with Crippen molar-refractivity contribution in [2.24, 2.45) is 5.73 Å². The topological polar surface area (TPSA) is 29.3 Å². The van der Waals surface area contributed by atoms with E-state index in [1.165, 1.54) is 18.4 Å². The molecule has 0 aromatic heterocycles. The fourth-order valence-corrected chi connectivity index (χ4v) is 2.02. The van der Waals surface area contributed by atoms with Crippen molar-refractivity contribution in [2.75, 3.05) is 7.05 Å². The fraction of sp³-hybridized carbons (Fsp3) is 0.538. The third kappa shape index (κ3) is 2.39. The van der Waals surface area contributed by atoms with Gasteiger partial charge in [0.25, 0.3) is 0 Å². The van der Waals surface area contributed by atoms with Gasteiger partial charge in [-0.05, 0) is 32.4 Å². The molecule has 1 saturated carbocycles. The van der Waals surface area contributed by atoms with Gasteiger partial charge in [0.05, 0.1) is 0 Å². The zero-order valence-corrected chi connectivity index (χ0v) is 9.56. The van der Waals surface area contributed by atoms with Crippen molar-refractivity contribution >= 4 is 0 Å². The van der Waals surface area contributed by atoms with E-state index in [0.29, 0.717) is 6.04 Å². The Kier molecular flexibility index (Phi) is 3.08. The Balaban J connectivity index is 2.03. The predicted octanol–water partition coefficient (Wildman–Crippen LogP) is 2.17. The molecule has 0 aliphatic heterocycles. The maximum Gasteiger partial charge on any atom is 0.0450 e. The maximum absolute atomic E-state index is 6.26. The summed E-state index contributed by atoms with van der Waals surface area (Å²) in [6.45, 7) is 2.22. The van der Waals surface area contributed by atoms with E-state index in [2.05, 4.69) is 43.1 Å². The molecule has 1 aliphatic rings. The molecule has 15 heavy (non-hydrogen) atoms. The molecule has 82 valence electrons. The summed E-state index contributed by atoms with van der Waals surface area (Å²) in [5.74, 6) is 0. The molecule has 0 saturated heterocycles. The van der Waals surface area contributed by atoms with Gasteiger partial charge in [0.2, 0.25) is 0 Å². The second kappa shape index (κ2) is 4.33. The van der Waals surface area contributed by atoms with Crippen molar-refractivity contribution in [3.05, 3.63) is 35.9 Å². The Morgan fingerprint density at radius 2 is 1.87 bits per heavy atom. The number of benzene rings is 1. The van der Waals surface area contributed by atoms with Crippen LogP contribution < -0.4 is 5.73 Å². The molecule has 2 rings (SSSR count). The van der Waals surface area contributed by atoms with E-state index in [4.69, 9.17) is 5.73 Å². The third-order valence-corrected chi connectivity index (χ3v) is 3.47. The Hall–Kier alpha value is -0.860. The highest BCUT2D eigenvalue weighted by molar-refractivity contribution is 5.20. The average molecular weight is 204 g/mol. The van der Waals surface area contributed by atoms with Crippen molar-refractivity contribution in [2.45, 2.75) is 37.9 Å². The van der Waals surface area contributed by atoms with Crippen LogP contribution in [0.5, 0.6) is 0 Å². The summed E-state index contributed by atoms with van der Waals surface area (Å²) < 4.78 is 0. The summed E-state index contributed by atoms with van der Waals surface area (Å²) in [5, 5.41) is 0. The first-order valence-corrected chi connectivity index (χ1v) is 5.72. The van der Waals surface area contributed by atoms with Crippen molar-refractivity contribution in [3.63, 3.8) is 0 Å². The zero-order chi connectivity index (χ0) is 10.8. The van der Waals surface area contributed by atoms with Crippen LogP contribution in [0.25, 0.3) is 0 Å². The van der Waals surface area contributed by atoms with Gasteiger partial charge in [-0.1, -0.05) is 30.3 Å². The molecule has 1 aliphatic carbocycles. The summed E-state index contributed by atoms with van der Waals surface area (Å²) in [5.41, 5.74) is 7.50. The summed E-state index contributed by atoms with van der Waals surface area (Å²) in [6, 6.07) is 11.7. The van der Waals surface area contributed by atoms with Gasteiger partial charge in [-0.15, -0.1) is 0 Å². The predicted molar refractivity (Wildman–Crippen MR) is 63.6 cm³/mol. The molecule has 1 aromatic rings. The van der Waals surface area contributed by atoms with Crippen molar-refractivity contribution in [3.8, 4) is 0 Å². The Morgan fingerprint density at radius 1 is 1.27 bits per heavy atom. The minimum atomic E-state index is 0.122. The standard InChI is InChI=1S/C13H20N2/c1-10(15(2)12-8-9-12)13(14)11-6-4-3-5-7-11/h3-7,10,12-13H,8-9,14H2,1-2H3. The summed E-state index contributed by atoms with van der Waals surface area (Å²) in [4.78, 5) is 2.41. The smallest absolute Gasteiger partial charge is 0.0450 e. The largest absolute Gasteiger partial charge is 0.323 e. The maximum atomic E-state index is 6.26. The zero-order valence-electron chi connectivity index (χ0n) is 9.56. The highest BCUT2D eigenvalue weighted by Gasteiger charge is 2.31. The molecule has 0 heterocycles. The Bertz CT molecular complexity index is 306. The number of rotatable bonds is 4. The molecule has 0 spiro atoms. The first kappa shape index (κ1) is 10.7. The molecular weight excluding hydrogens is 184 g/mol. The van der Waals surface area contributed by atoms with E-state index >= 15 is 0 Å². The van der Waals surface area contributed by atoms with Crippen molar-refractivity contribution in [1.82, 2.24) is 4.90 Å². The van der Waals surface area contributed by atoms with Gasteiger partial charge < -0.3 is 5.73 Å². The molecule has 1 aromatic carbocycles. The van der Waals surface area contributed by atoms with E-state index in [1.54, 1.807) is 0 Å². The summed E-state index contributed by atoms with van der Waals surface area (Å²) in [7, 11) is 2.19. The normalized spacial score (nSPS) is 20.3. The molecule has 0 amide bonds. The highest BCUT2D eigenvalue weighted by atomic mass is 15.2. The van der Waals surface area contributed by atoms with Gasteiger partial charge in [0, 0.05) is 18.1 Å². The first-order chi connectivity index (χ1) is 7.20. The lowest BCUT2D eigenvalue weighted by Crippen LogP contribution is -2.39. The number of hydrogen-bond donors (Lipinski definition) is 1. The van der Waals surface area contributed by atoms with Crippen LogP contribution in [0.1, 0.15) is 31.4 Å². The molecule has 2 heteroatoms. The number of hydrogen-bond acceptors (Lipinski definition) is 2. The Morgan fingerprint density at radius 3 is 2.40 bits per heavy atom. The molecule has 2 unspecified atom stereocenters. The van der Waals surface area contributed by atoms with Crippen LogP contribution in [0.15, 0.2) is 30.3 Å². The van der Waals surface area contributed by atoms with E-state index in [1.807, 2.05) is 6.07 Å². The minimum absolute atomic E-state index is 0.122. The quantitative estimate of drug-likeness (QED) is 0.814. The SMILES string of the molecule is CC(C(N)c1ccccc1)N(C)C1CC1. The molecule has 0 bridgehead atoms. The van der Waals surface area contributed by atoms with Crippen LogP contribution in [0.2, 0.25) is 0 Å². The van der Waals surface area contributed by atoms with E-state index in [0.717, 1.165) is 6.04 Å². The lowest BCUT2D eigenvalue weighted by atomic mass is 10.0. The number of nitrogens with zero attached hydrogens (tertiary/aromatic N) is 1. The molecule has 2 atom stereocenters. The fourth-order valence-electron chi connectivity index (χ4n) is 2.02. The van der Waals surface area contributed by atoms with E-state index < -0.39 is 0 Å². The molecule has 0 radical (unpaired) electrons. The van der Waals surface area contributed by atoms with Gasteiger partial charge in [-0.3, -0.25) is 4.90 Å². The first-order valence-electron chi connectivity index (χ1n) is 5.72. The third-order valence-electron chi connectivity index (χ3n) is 3.47.